The van der Waals surface area contributed by atoms with Crippen molar-refractivity contribution in [2.24, 2.45) is 0 Å². The van der Waals surface area contributed by atoms with E-state index in [0.717, 1.165) is 128 Å². The van der Waals surface area contributed by atoms with Crippen molar-refractivity contribution in [1.82, 2.24) is 0 Å². The van der Waals surface area contributed by atoms with Crippen LogP contribution in [0, 0.1) is 0 Å². The fourth-order valence-corrected chi connectivity index (χ4v) is 6.53. The standard InChI is InChI=1S/C65H98O5/c1-4-7-10-13-16-19-22-25-28-31-33-35-37-40-43-46-49-52-55-58-64(66)69-62-63(61-68-60-57-54-51-48-45-42-39-30-27-24-21-18-15-12-9-6-3)70-65(67)59-56-53-50-47-44-41-38-36-34-32-29-26-23-20-17-14-11-8-5-2/h7-12,16-21,25-30,33-36,40,42-43,45,49,51-52,54,63H,4-6,13-15,22-24,31-32,37-39,41,44,46-48,50,53,55-62H2,1-3H3/b10-7-,11-8-,12-9-,19-16-,20-17-,21-18-,28-25-,29-26-,30-27-,35-33-,36-34-,43-40-,45-42-,52-49-,54-51-. The highest BCUT2D eigenvalue weighted by molar-refractivity contribution is 5.70. The van der Waals surface area contributed by atoms with Gasteiger partial charge in [0, 0.05) is 12.8 Å². The molecule has 0 saturated heterocycles. The van der Waals surface area contributed by atoms with E-state index in [1.54, 1.807) is 0 Å². The van der Waals surface area contributed by atoms with Gasteiger partial charge < -0.3 is 14.2 Å². The van der Waals surface area contributed by atoms with Crippen LogP contribution in [0.4, 0.5) is 0 Å². The zero-order valence-electron chi connectivity index (χ0n) is 44.4. The van der Waals surface area contributed by atoms with E-state index in [1.807, 2.05) is 6.08 Å². The number of unbranched alkanes of at least 4 members (excludes halogenated alkanes) is 6. The number of hydrogen-bond donors (Lipinski definition) is 0. The number of allylic oxidation sites excluding steroid dienone is 29. The minimum absolute atomic E-state index is 0.00469. The zero-order valence-corrected chi connectivity index (χ0v) is 44.4. The van der Waals surface area contributed by atoms with Crippen LogP contribution in [0.1, 0.15) is 188 Å². The van der Waals surface area contributed by atoms with Gasteiger partial charge in [-0.3, -0.25) is 9.59 Å². The average Bonchev–Trinajstić information content (AvgIpc) is 3.36. The minimum Gasteiger partial charge on any atom is -0.462 e. The molecule has 0 heterocycles. The third-order valence-electron chi connectivity index (χ3n) is 10.5. The Bertz CT molecular complexity index is 1650. The van der Waals surface area contributed by atoms with E-state index in [2.05, 4.69) is 197 Å². The molecular formula is C65H98O5. The highest BCUT2D eigenvalue weighted by atomic mass is 16.6. The Morgan fingerprint density at radius 3 is 1.01 bits per heavy atom. The van der Waals surface area contributed by atoms with Crippen molar-refractivity contribution in [3.8, 4) is 0 Å². The van der Waals surface area contributed by atoms with E-state index in [1.165, 1.54) is 19.3 Å². The summed E-state index contributed by atoms with van der Waals surface area (Å²) < 4.78 is 17.3. The van der Waals surface area contributed by atoms with Crippen LogP contribution >= 0.6 is 0 Å². The Kier molecular flexibility index (Phi) is 54.1. The van der Waals surface area contributed by atoms with E-state index >= 15 is 0 Å². The molecule has 0 aliphatic rings. The SMILES string of the molecule is CC/C=C\C/C=C\C/C=C\C/C=C\C/C=C\C/C=C\CCC(=O)OCC(COCC/C=C\C/C=C\C/C=C\C/C=C\C/C=C\CC)OC(=O)CCCCCCCC/C=C\C/C=C\C/C=C\C/C=C\CC. The molecule has 0 amide bonds. The van der Waals surface area contributed by atoms with Gasteiger partial charge in [0.25, 0.3) is 0 Å². The molecule has 0 N–H and O–H groups in total. The van der Waals surface area contributed by atoms with Crippen molar-refractivity contribution < 1.29 is 23.8 Å². The summed E-state index contributed by atoms with van der Waals surface area (Å²) in [6, 6.07) is 0. The van der Waals surface area contributed by atoms with Crippen molar-refractivity contribution in [3.05, 3.63) is 182 Å². The molecule has 0 saturated carbocycles. The third kappa shape index (κ3) is 55.6. The molecule has 0 spiro atoms. The predicted molar refractivity (Wildman–Crippen MR) is 306 cm³/mol. The van der Waals surface area contributed by atoms with Gasteiger partial charge in [-0.15, -0.1) is 0 Å². The molecule has 5 nitrogen and oxygen atoms in total. The number of carbonyl (C=O) groups is 2. The van der Waals surface area contributed by atoms with E-state index in [-0.39, 0.29) is 31.6 Å². The highest BCUT2D eigenvalue weighted by Crippen LogP contribution is 2.11. The van der Waals surface area contributed by atoms with E-state index in [9.17, 15) is 9.59 Å². The molecule has 388 valence electrons. The lowest BCUT2D eigenvalue weighted by atomic mass is 10.1. The second-order valence-electron chi connectivity index (χ2n) is 17.0. The van der Waals surface area contributed by atoms with Gasteiger partial charge in [-0.1, -0.05) is 229 Å². The van der Waals surface area contributed by atoms with Gasteiger partial charge in [0.15, 0.2) is 6.10 Å². The van der Waals surface area contributed by atoms with Crippen LogP contribution in [-0.4, -0.2) is 37.9 Å². The van der Waals surface area contributed by atoms with Crippen LogP contribution in [-0.2, 0) is 23.8 Å². The maximum Gasteiger partial charge on any atom is 0.306 e. The summed E-state index contributed by atoms with van der Waals surface area (Å²) in [4.78, 5) is 25.5. The lowest BCUT2D eigenvalue weighted by Gasteiger charge is -2.18. The second kappa shape index (κ2) is 58.3. The van der Waals surface area contributed by atoms with Crippen molar-refractivity contribution in [2.75, 3.05) is 19.8 Å². The molecule has 0 radical (unpaired) electrons. The van der Waals surface area contributed by atoms with Gasteiger partial charge in [0.1, 0.15) is 6.61 Å². The number of esters is 2. The number of hydrogen-bond acceptors (Lipinski definition) is 5. The van der Waals surface area contributed by atoms with Gasteiger partial charge in [0.2, 0.25) is 0 Å². The predicted octanol–water partition coefficient (Wildman–Crippen LogP) is 19.0. The van der Waals surface area contributed by atoms with Crippen LogP contribution < -0.4 is 0 Å². The van der Waals surface area contributed by atoms with Gasteiger partial charge in [-0.05, 0) is 128 Å². The molecule has 0 fully saturated rings. The second-order valence-corrected chi connectivity index (χ2v) is 17.0. The molecule has 1 unspecified atom stereocenters. The first-order valence-corrected chi connectivity index (χ1v) is 27.3. The molecule has 5 heteroatoms. The third-order valence-corrected chi connectivity index (χ3v) is 10.5. The van der Waals surface area contributed by atoms with Crippen molar-refractivity contribution in [2.45, 2.75) is 194 Å². The molecule has 1 atom stereocenters. The summed E-state index contributed by atoms with van der Waals surface area (Å²) in [5.74, 6) is -0.568. The van der Waals surface area contributed by atoms with E-state index < -0.39 is 6.10 Å². The fraction of sp³-hybridized carbons (Fsp3) is 0.508. The Hall–Kier alpha value is -5.00. The maximum atomic E-state index is 12.8. The monoisotopic (exact) mass is 959 g/mol. The molecule has 0 rings (SSSR count). The number of rotatable bonds is 47. The molecule has 0 aliphatic carbocycles. The average molecular weight is 959 g/mol. The Labute approximate surface area is 429 Å². The van der Waals surface area contributed by atoms with Crippen molar-refractivity contribution >= 4 is 11.9 Å². The van der Waals surface area contributed by atoms with Crippen molar-refractivity contribution in [3.63, 3.8) is 0 Å². The fourth-order valence-electron chi connectivity index (χ4n) is 6.53. The van der Waals surface area contributed by atoms with Crippen LogP contribution in [0.15, 0.2) is 182 Å². The van der Waals surface area contributed by atoms with Crippen molar-refractivity contribution in [1.29, 1.82) is 0 Å². The molecule has 0 aliphatic heterocycles. The Morgan fingerprint density at radius 2 is 0.629 bits per heavy atom. The lowest BCUT2D eigenvalue weighted by molar-refractivity contribution is -0.162. The van der Waals surface area contributed by atoms with Crippen LogP contribution in [0.5, 0.6) is 0 Å². The van der Waals surface area contributed by atoms with Crippen LogP contribution in [0.25, 0.3) is 0 Å². The summed E-state index contributed by atoms with van der Waals surface area (Å²) in [6.45, 7) is 7.15. The minimum atomic E-state index is -0.631. The molecule has 70 heavy (non-hydrogen) atoms. The quantitative estimate of drug-likeness (QED) is 0.0345. The first-order valence-electron chi connectivity index (χ1n) is 27.3. The Balaban J connectivity index is 4.57. The van der Waals surface area contributed by atoms with Crippen LogP contribution in [0.2, 0.25) is 0 Å². The van der Waals surface area contributed by atoms with Gasteiger partial charge in [-0.25, -0.2) is 0 Å². The Morgan fingerprint density at radius 1 is 0.314 bits per heavy atom. The first-order chi connectivity index (χ1) is 34.6. The topological polar surface area (TPSA) is 61.8 Å². The lowest BCUT2D eigenvalue weighted by Crippen LogP contribution is -2.30. The number of carbonyl (C=O) groups excluding carboxylic acids is 2. The zero-order chi connectivity index (χ0) is 50.6. The van der Waals surface area contributed by atoms with Gasteiger partial charge in [0.05, 0.1) is 13.2 Å². The smallest absolute Gasteiger partial charge is 0.306 e. The maximum absolute atomic E-state index is 12.8. The largest absolute Gasteiger partial charge is 0.462 e. The molecule has 0 bridgehead atoms. The van der Waals surface area contributed by atoms with Gasteiger partial charge >= 0.3 is 11.9 Å². The highest BCUT2D eigenvalue weighted by Gasteiger charge is 2.17. The summed E-state index contributed by atoms with van der Waals surface area (Å²) >= 11 is 0. The summed E-state index contributed by atoms with van der Waals surface area (Å²) in [6.07, 6.45) is 89.4. The molecular weight excluding hydrogens is 861 g/mol. The molecule has 0 aromatic rings. The van der Waals surface area contributed by atoms with Gasteiger partial charge in [-0.2, -0.15) is 0 Å². The van der Waals surface area contributed by atoms with E-state index in [4.69, 9.17) is 14.2 Å². The first kappa shape index (κ1) is 65.0. The summed E-state index contributed by atoms with van der Waals surface area (Å²) in [5.41, 5.74) is 0. The summed E-state index contributed by atoms with van der Waals surface area (Å²) in [5, 5.41) is 0. The normalized spacial score (nSPS) is 13.7. The van der Waals surface area contributed by atoms with Crippen LogP contribution in [0.3, 0.4) is 0 Å². The van der Waals surface area contributed by atoms with E-state index in [0.29, 0.717) is 19.4 Å². The molecule has 0 aromatic carbocycles. The summed E-state index contributed by atoms with van der Waals surface area (Å²) in [7, 11) is 0. The molecule has 0 aromatic heterocycles. The number of ether oxygens (including phenoxy) is 3.